The Labute approximate surface area is 223 Å². The summed E-state index contributed by atoms with van der Waals surface area (Å²) in [6, 6.07) is 11.3. The van der Waals surface area contributed by atoms with Crippen LogP contribution in [0.4, 0.5) is 24.9 Å². The number of aromatic nitrogens is 4. The molecule has 0 aliphatic rings. The highest BCUT2D eigenvalue weighted by atomic mass is 32.2. The van der Waals surface area contributed by atoms with E-state index >= 15 is 0 Å². The molecule has 0 atom stereocenters. The Morgan fingerprint density at radius 1 is 1.03 bits per heavy atom. The van der Waals surface area contributed by atoms with Crippen molar-refractivity contribution in [2.75, 3.05) is 37.1 Å². The molecule has 0 aliphatic heterocycles. The normalized spacial score (nSPS) is 11.6. The molecule has 4 rings (SSSR count). The lowest BCUT2D eigenvalue weighted by Gasteiger charge is -2.20. The third-order valence-corrected chi connectivity index (χ3v) is 6.80. The molecule has 0 unspecified atom stereocenters. The number of halogens is 3. The van der Waals surface area contributed by atoms with Crippen molar-refractivity contribution >= 4 is 21.6 Å². The van der Waals surface area contributed by atoms with Crippen molar-refractivity contribution in [3.05, 3.63) is 71.9 Å². The zero-order chi connectivity index (χ0) is 28.3. The van der Waals surface area contributed by atoms with Gasteiger partial charge in [0.1, 0.15) is 23.9 Å². The monoisotopic (exact) mass is 558 g/mol. The van der Waals surface area contributed by atoms with Gasteiger partial charge in [-0.2, -0.15) is 4.98 Å². The number of pyridine rings is 2. The van der Waals surface area contributed by atoms with Gasteiger partial charge in [0, 0.05) is 30.8 Å². The summed E-state index contributed by atoms with van der Waals surface area (Å²) in [6.45, 7) is 1.96. The molecule has 3 heterocycles. The molecule has 0 saturated carbocycles. The van der Waals surface area contributed by atoms with Crippen LogP contribution in [0.15, 0.2) is 59.6 Å². The molecule has 0 bridgehead atoms. The highest BCUT2D eigenvalue weighted by Crippen LogP contribution is 2.39. The van der Waals surface area contributed by atoms with Crippen LogP contribution < -0.4 is 15.4 Å². The number of rotatable bonds is 9. The van der Waals surface area contributed by atoms with Crippen molar-refractivity contribution in [1.29, 1.82) is 0 Å². The van der Waals surface area contributed by atoms with Crippen LogP contribution in [-0.2, 0) is 9.84 Å². The van der Waals surface area contributed by atoms with Gasteiger partial charge in [0.2, 0.25) is 11.8 Å². The van der Waals surface area contributed by atoms with E-state index in [-0.39, 0.29) is 29.0 Å². The molecule has 0 aliphatic carbocycles. The standard InChI is InChI=1S/C26H25F3N6O3S/c1-15-12-17(13-20(32-15)24(28)29)22-23(16-4-6-18(27)7-5-16)33-26(30)34-25(22)38-11-10-35(2)21-9-8-19(14-31-21)39(3,36)37/h4-9,12-14,24H,10-11H2,1-3H3,(H2,30,33,34). The third kappa shape index (κ3) is 6.60. The molecule has 0 radical (unpaired) electrons. The lowest BCUT2D eigenvalue weighted by Crippen LogP contribution is -2.25. The van der Waals surface area contributed by atoms with E-state index in [9.17, 15) is 21.6 Å². The predicted octanol–water partition coefficient (Wildman–Crippen LogP) is 4.49. The number of aryl methyl sites for hydroxylation is 1. The van der Waals surface area contributed by atoms with Crippen LogP contribution in [0.2, 0.25) is 0 Å². The number of hydrogen-bond donors (Lipinski definition) is 1. The molecule has 13 heteroatoms. The number of ether oxygens (including phenoxy) is 1. The van der Waals surface area contributed by atoms with Gasteiger partial charge in [0.15, 0.2) is 9.84 Å². The molecule has 2 N–H and O–H groups in total. The first-order chi connectivity index (χ1) is 18.4. The fourth-order valence-corrected chi connectivity index (χ4v) is 4.36. The molecule has 204 valence electrons. The minimum atomic E-state index is -3.38. The molecule has 39 heavy (non-hydrogen) atoms. The van der Waals surface area contributed by atoms with E-state index in [2.05, 4.69) is 19.9 Å². The first-order valence-corrected chi connectivity index (χ1v) is 13.5. The topological polar surface area (TPSA) is 124 Å². The molecule has 4 aromatic rings. The molecule has 1 aromatic carbocycles. The Bertz CT molecular complexity index is 1580. The van der Waals surface area contributed by atoms with Crippen LogP contribution in [0, 0.1) is 12.7 Å². The Morgan fingerprint density at radius 3 is 2.36 bits per heavy atom. The van der Waals surface area contributed by atoms with Crippen molar-refractivity contribution < 1.29 is 26.3 Å². The van der Waals surface area contributed by atoms with Gasteiger partial charge >= 0.3 is 0 Å². The summed E-state index contributed by atoms with van der Waals surface area (Å²) < 4.78 is 70.2. The minimum Gasteiger partial charge on any atom is -0.475 e. The van der Waals surface area contributed by atoms with Crippen molar-refractivity contribution in [3.63, 3.8) is 0 Å². The number of alkyl halides is 2. The largest absolute Gasteiger partial charge is 0.475 e. The maximum atomic E-state index is 13.6. The minimum absolute atomic E-state index is 0.0430. The van der Waals surface area contributed by atoms with E-state index in [0.717, 1.165) is 6.26 Å². The lowest BCUT2D eigenvalue weighted by atomic mass is 9.99. The van der Waals surface area contributed by atoms with Gasteiger partial charge in [-0.05, 0) is 61.0 Å². The summed E-state index contributed by atoms with van der Waals surface area (Å²) in [5, 5.41) is 0. The van der Waals surface area contributed by atoms with E-state index < -0.39 is 27.8 Å². The first-order valence-electron chi connectivity index (χ1n) is 11.6. The SMILES string of the molecule is Cc1cc(-c2c(OCCN(C)c3ccc(S(C)(=O)=O)cn3)nc(N)nc2-c2ccc(F)cc2)cc(C(F)F)n1. The molecule has 0 saturated heterocycles. The second-order valence-corrected chi connectivity index (χ2v) is 10.8. The number of nitrogen functional groups attached to an aromatic ring is 1. The van der Waals surface area contributed by atoms with Crippen LogP contribution in [0.25, 0.3) is 22.4 Å². The van der Waals surface area contributed by atoms with Crippen molar-refractivity contribution in [1.82, 2.24) is 19.9 Å². The second-order valence-electron chi connectivity index (χ2n) is 8.73. The summed E-state index contributed by atoms with van der Waals surface area (Å²) in [6.07, 6.45) is -0.444. The highest BCUT2D eigenvalue weighted by Gasteiger charge is 2.22. The lowest BCUT2D eigenvalue weighted by molar-refractivity contribution is 0.146. The van der Waals surface area contributed by atoms with Crippen molar-refractivity contribution in [3.8, 4) is 28.3 Å². The average molecular weight is 559 g/mol. The van der Waals surface area contributed by atoms with Gasteiger partial charge in [-0.15, -0.1) is 0 Å². The number of benzene rings is 1. The van der Waals surface area contributed by atoms with E-state index in [1.807, 2.05) is 0 Å². The zero-order valence-corrected chi connectivity index (χ0v) is 22.1. The molecular weight excluding hydrogens is 533 g/mol. The van der Waals surface area contributed by atoms with Crippen LogP contribution in [0.3, 0.4) is 0 Å². The maximum absolute atomic E-state index is 13.6. The molecule has 0 spiro atoms. The van der Waals surface area contributed by atoms with Gasteiger partial charge in [0.05, 0.1) is 22.7 Å². The number of hydrogen-bond acceptors (Lipinski definition) is 9. The number of nitrogens with two attached hydrogens (primary N) is 1. The van der Waals surface area contributed by atoms with Gasteiger partial charge in [0.25, 0.3) is 6.43 Å². The molecule has 3 aromatic heterocycles. The molecular formula is C26H25F3N6O3S. The molecule has 9 nitrogen and oxygen atoms in total. The fraction of sp³-hybridized carbons (Fsp3) is 0.231. The summed E-state index contributed by atoms with van der Waals surface area (Å²) in [4.78, 5) is 18.5. The number of sulfone groups is 1. The van der Waals surface area contributed by atoms with E-state index in [4.69, 9.17) is 10.5 Å². The predicted molar refractivity (Wildman–Crippen MR) is 141 cm³/mol. The number of likely N-dealkylation sites (N-methyl/N-ethyl adjacent to an activating group) is 1. The third-order valence-electron chi connectivity index (χ3n) is 5.70. The fourth-order valence-electron chi connectivity index (χ4n) is 3.80. The maximum Gasteiger partial charge on any atom is 0.280 e. The van der Waals surface area contributed by atoms with Crippen LogP contribution >= 0.6 is 0 Å². The van der Waals surface area contributed by atoms with Crippen LogP contribution in [0.1, 0.15) is 17.8 Å². The van der Waals surface area contributed by atoms with Crippen LogP contribution in [0.5, 0.6) is 5.88 Å². The zero-order valence-electron chi connectivity index (χ0n) is 21.3. The van der Waals surface area contributed by atoms with Gasteiger partial charge < -0.3 is 15.4 Å². The first kappa shape index (κ1) is 27.8. The van der Waals surface area contributed by atoms with Crippen molar-refractivity contribution in [2.45, 2.75) is 18.2 Å². The quantitative estimate of drug-likeness (QED) is 0.316. The van der Waals surface area contributed by atoms with Crippen LogP contribution in [-0.4, -0.2) is 54.8 Å². The summed E-state index contributed by atoms with van der Waals surface area (Å²) in [7, 11) is -1.64. The second kappa shape index (κ2) is 11.2. The Balaban J connectivity index is 1.69. The van der Waals surface area contributed by atoms with E-state index in [0.29, 0.717) is 34.7 Å². The average Bonchev–Trinajstić information content (AvgIpc) is 2.88. The summed E-state index contributed by atoms with van der Waals surface area (Å²) >= 11 is 0. The number of anilines is 2. The highest BCUT2D eigenvalue weighted by molar-refractivity contribution is 7.90. The van der Waals surface area contributed by atoms with Gasteiger partial charge in [-0.1, -0.05) is 0 Å². The Morgan fingerprint density at radius 2 is 1.74 bits per heavy atom. The number of nitrogens with zero attached hydrogens (tertiary/aromatic N) is 5. The summed E-state index contributed by atoms with van der Waals surface area (Å²) in [5.74, 6) is -0.0349. The Hall–Kier alpha value is -4.26. The summed E-state index contributed by atoms with van der Waals surface area (Å²) in [5.41, 5.74) is 7.27. The molecule has 0 amide bonds. The van der Waals surface area contributed by atoms with Gasteiger partial charge in [-0.25, -0.2) is 31.6 Å². The molecule has 0 fully saturated rings. The van der Waals surface area contributed by atoms with E-state index in [1.54, 1.807) is 31.0 Å². The van der Waals surface area contributed by atoms with E-state index in [1.165, 1.54) is 42.6 Å². The van der Waals surface area contributed by atoms with Gasteiger partial charge in [-0.3, -0.25) is 4.98 Å². The van der Waals surface area contributed by atoms with Crippen molar-refractivity contribution in [2.24, 2.45) is 0 Å². The Kier molecular flexibility index (Phi) is 8.00. The smallest absolute Gasteiger partial charge is 0.280 e.